The van der Waals surface area contributed by atoms with E-state index < -0.39 is 5.97 Å². The molecule has 0 spiro atoms. The summed E-state index contributed by atoms with van der Waals surface area (Å²) in [5.41, 5.74) is 4.24. The van der Waals surface area contributed by atoms with E-state index in [-0.39, 0.29) is 22.8 Å². The zero-order chi connectivity index (χ0) is 24.5. The molecule has 10 heteroatoms. The number of para-hydroxylation sites is 1. The van der Waals surface area contributed by atoms with Crippen LogP contribution in [0.5, 0.6) is 0 Å². The zero-order valence-corrected chi connectivity index (χ0v) is 19.0. The first kappa shape index (κ1) is 22.0. The fourth-order valence-electron chi connectivity index (χ4n) is 3.89. The van der Waals surface area contributed by atoms with Gasteiger partial charge in [0.15, 0.2) is 11.3 Å². The number of carbonyl (C=O) groups excluding carboxylic acids is 1. The van der Waals surface area contributed by atoms with Gasteiger partial charge in [0.05, 0.1) is 22.8 Å². The Bertz CT molecular complexity index is 1570. The molecule has 5 rings (SSSR count). The van der Waals surface area contributed by atoms with Gasteiger partial charge in [-0.05, 0) is 43.7 Å². The lowest BCUT2D eigenvalue weighted by atomic mass is 10.1. The Morgan fingerprint density at radius 2 is 1.80 bits per heavy atom. The molecule has 2 aromatic carbocycles. The molecule has 0 fully saturated rings. The third-order valence-corrected chi connectivity index (χ3v) is 5.54. The molecule has 5 aromatic rings. The number of fused-ring (bicyclic) bond motifs is 1. The molecular weight excluding hydrogens is 446 g/mol. The molecule has 0 bridgehead atoms. The molecule has 0 aliphatic rings. The molecule has 0 saturated carbocycles. The maximum Gasteiger partial charge on any atom is 0.341 e. The molecule has 0 radical (unpaired) electrons. The van der Waals surface area contributed by atoms with Crippen molar-refractivity contribution in [3.63, 3.8) is 0 Å². The summed E-state index contributed by atoms with van der Waals surface area (Å²) < 4.78 is 1.53. The Morgan fingerprint density at radius 1 is 1.00 bits per heavy atom. The van der Waals surface area contributed by atoms with Crippen LogP contribution in [0.3, 0.4) is 0 Å². The molecule has 1 amide bonds. The quantitative estimate of drug-likeness (QED) is 0.389. The van der Waals surface area contributed by atoms with Gasteiger partial charge in [0, 0.05) is 17.4 Å². The molecule has 0 atom stereocenters. The summed E-state index contributed by atoms with van der Waals surface area (Å²) in [7, 11) is 0. The number of carboxylic acid groups (broad SMARTS) is 1. The van der Waals surface area contributed by atoms with Gasteiger partial charge in [-0.25, -0.2) is 14.3 Å². The summed E-state index contributed by atoms with van der Waals surface area (Å²) >= 11 is 0. The predicted molar refractivity (Wildman–Crippen MR) is 129 cm³/mol. The van der Waals surface area contributed by atoms with E-state index in [4.69, 9.17) is 0 Å². The number of hydrogen-bond acceptors (Lipinski definition) is 6. The lowest BCUT2D eigenvalue weighted by Gasteiger charge is -2.08. The molecule has 174 valence electrons. The van der Waals surface area contributed by atoms with Crippen molar-refractivity contribution in [2.24, 2.45) is 0 Å². The van der Waals surface area contributed by atoms with Gasteiger partial charge in [0.1, 0.15) is 5.56 Å². The van der Waals surface area contributed by atoms with Crippen LogP contribution in [0.4, 0.5) is 5.69 Å². The van der Waals surface area contributed by atoms with Gasteiger partial charge in [0.25, 0.3) is 5.91 Å². The normalized spacial score (nSPS) is 11.0. The zero-order valence-electron chi connectivity index (χ0n) is 19.0. The SMILES string of the molecule is CCc1nn2c(-c3cccc(NC(=O)c4nn(-c5ccccc5)nc4C)c3)ccnc2c1C(=O)O. The number of nitrogens with one attached hydrogen (secondary N) is 1. The van der Waals surface area contributed by atoms with Crippen LogP contribution >= 0.6 is 0 Å². The summed E-state index contributed by atoms with van der Waals surface area (Å²) in [6.45, 7) is 3.58. The average Bonchev–Trinajstić information content (AvgIpc) is 3.45. The van der Waals surface area contributed by atoms with E-state index in [1.54, 1.807) is 37.4 Å². The minimum absolute atomic E-state index is 0.0933. The standard InChI is InChI=1S/C25H21N7O3/c1-3-19-21(25(34)35)23-26-13-12-20(31(23)29-19)16-8-7-9-17(14-16)27-24(33)22-15(2)28-32(30-22)18-10-5-4-6-11-18/h4-14H,3H2,1-2H3,(H,27,33)(H,34,35). The van der Waals surface area contributed by atoms with Crippen molar-refractivity contribution < 1.29 is 14.7 Å². The predicted octanol–water partition coefficient (Wildman–Crippen LogP) is 3.80. The van der Waals surface area contributed by atoms with Gasteiger partial charge >= 0.3 is 5.97 Å². The van der Waals surface area contributed by atoms with Gasteiger partial charge in [-0.2, -0.15) is 15.0 Å². The monoisotopic (exact) mass is 467 g/mol. The fourth-order valence-corrected chi connectivity index (χ4v) is 3.89. The first-order valence-corrected chi connectivity index (χ1v) is 11.0. The second-order valence-electron chi connectivity index (χ2n) is 7.84. The van der Waals surface area contributed by atoms with Crippen LogP contribution in [0.2, 0.25) is 0 Å². The molecule has 10 nitrogen and oxygen atoms in total. The van der Waals surface area contributed by atoms with Gasteiger partial charge in [0.2, 0.25) is 0 Å². The number of amides is 1. The lowest BCUT2D eigenvalue weighted by Crippen LogP contribution is -2.14. The number of aromatic carboxylic acids is 1. The summed E-state index contributed by atoms with van der Waals surface area (Å²) in [4.78, 5) is 30.4. The van der Waals surface area contributed by atoms with Crippen molar-refractivity contribution in [2.45, 2.75) is 20.3 Å². The second kappa shape index (κ2) is 8.82. The maximum atomic E-state index is 13.0. The number of carboxylic acids is 1. The molecule has 35 heavy (non-hydrogen) atoms. The Kier molecular flexibility index (Phi) is 5.54. The number of benzene rings is 2. The highest BCUT2D eigenvalue weighted by atomic mass is 16.4. The molecule has 3 heterocycles. The Labute approximate surface area is 199 Å². The number of rotatable bonds is 6. The number of carbonyl (C=O) groups is 2. The average molecular weight is 467 g/mol. The van der Waals surface area contributed by atoms with E-state index >= 15 is 0 Å². The van der Waals surface area contributed by atoms with Crippen LogP contribution in [0.25, 0.3) is 22.6 Å². The van der Waals surface area contributed by atoms with Crippen molar-refractivity contribution in [1.29, 1.82) is 0 Å². The highest BCUT2D eigenvalue weighted by Crippen LogP contribution is 2.26. The third kappa shape index (κ3) is 4.01. The molecule has 3 aromatic heterocycles. The van der Waals surface area contributed by atoms with E-state index in [9.17, 15) is 14.7 Å². The first-order valence-electron chi connectivity index (χ1n) is 11.0. The molecular formula is C25H21N7O3. The third-order valence-electron chi connectivity index (χ3n) is 5.54. The lowest BCUT2D eigenvalue weighted by molar-refractivity contribution is 0.0697. The number of aromatic nitrogens is 6. The van der Waals surface area contributed by atoms with Crippen molar-refractivity contribution >= 4 is 23.2 Å². The first-order chi connectivity index (χ1) is 17.0. The van der Waals surface area contributed by atoms with Crippen LogP contribution < -0.4 is 5.32 Å². The molecule has 0 aliphatic carbocycles. The molecule has 0 saturated heterocycles. The summed E-state index contributed by atoms with van der Waals surface area (Å²) in [6, 6.07) is 18.3. The number of nitrogens with zero attached hydrogens (tertiary/aromatic N) is 6. The van der Waals surface area contributed by atoms with Crippen molar-refractivity contribution in [3.8, 4) is 16.9 Å². The molecule has 0 unspecified atom stereocenters. The Hall–Kier alpha value is -4.86. The van der Waals surface area contributed by atoms with E-state index in [0.717, 1.165) is 11.3 Å². The van der Waals surface area contributed by atoms with Crippen molar-refractivity contribution in [1.82, 2.24) is 29.6 Å². The summed E-state index contributed by atoms with van der Waals surface area (Å²) in [5.74, 6) is -1.45. The Morgan fingerprint density at radius 3 is 2.54 bits per heavy atom. The number of anilines is 1. The molecule has 0 aliphatic heterocycles. The number of aryl methyl sites for hydroxylation is 2. The summed E-state index contributed by atoms with van der Waals surface area (Å²) in [5, 5.41) is 25.7. The van der Waals surface area contributed by atoms with E-state index in [1.165, 1.54) is 9.31 Å². The van der Waals surface area contributed by atoms with Crippen molar-refractivity contribution in [2.75, 3.05) is 5.32 Å². The minimum atomic E-state index is -1.07. The highest BCUT2D eigenvalue weighted by molar-refractivity contribution is 6.03. The topological polar surface area (TPSA) is 127 Å². The molecule has 2 N–H and O–H groups in total. The van der Waals surface area contributed by atoms with E-state index in [2.05, 4.69) is 25.6 Å². The summed E-state index contributed by atoms with van der Waals surface area (Å²) in [6.07, 6.45) is 2.01. The maximum absolute atomic E-state index is 13.0. The van der Waals surface area contributed by atoms with Gasteiger partial charge in [-0.3, -0.25) is 4.79 Å². The van der Waals surface area contributed by atoms with Gasteiger partial charge < -0.3 is 10.4 Å². The largest absolute Gasteiger partial charge is 0.477 e. The van der Waals surface area contributed by atoms with Crippen molar-refractivity contribution in [3.05, 3.63) is 89.5 Å². The number of hydrogen-bond donors (Lipinski definition) is 2. The second-order valence-corrected chi connectivity index (χ2v) is 7.84. The Balaban J connectivity index is 1.47. The fraction of sp³-hybridized carbons (Fsp3) is 0.120. The highest BCUT2D eigenvalue weighted by Gasteiger charge is 2.21. The van der Waals surface area contributed by atoms with Crippen LogP contribution in [-0.2, 0) is 6.42 Å². The van der Waals surface area contributed by atoms with E-state index in [0.29, 0.717) is 29.2 Å². The van der Waals surface area contributed by atoms with Crippen LogP contribution in [-0.4, -0.2) is 46.6 Å². The minimum Gasteiger partial charge on any atom is -0.477 e. The van der Waals surface area contributed by atoms with E-state index in [1.807, 2.05) is 43.3 Å². The van der Waals surface area contributed by atoms with Gasteiger partial charge in [-0.1, -0.05) is 37.3 Å². The smallest absolute Gasteiger partial charge is 0.341 e. The van der Waals surface area contributed by atoms with Crippen LogP contribution in [0, 0.1) is 6.92 Å². The van der Waals surface area contributed by atoms with Crippen LogP contribution in [0.15, 0.2) is 66.9 Å². The van der Waals surface area contributed by atoms with Gasteiger partial charge in [-0.15, -0.1) is 5.10 Å². The van der Waals surface area contributed by atoms with Crippen LogP contribution in [0.1, 0.15) is 39.2 Å².